The molecule has 1 rings (SSSR count). The van der Waals surface area contributed by atoms with E-state index in [1.165, 1.54) is 160 Å². The molecule has 2 atom stereocenters. The Balaban J connectivity index is 2.37. The molecule has 1 aromatic rings. The summed E-state index contributed by atoms with van der Waals surface area (Å²) in [4.78, 5) is 2.61. The van der Waals surface area contributed by atoms with E-state index in [-0.39, 0.29) is 0 Å². The maximum absolute atomic E-state index is 6.50. The van der Waals surface area contributed by atoms with Gasteiger partial charge in [-0.1, -0.05) is 155 Å². The van der Waals surface area contributed by atoms with Gasteiger partial charge in [0.25, 0.3) is 0 Å². The normalized spacial score (nSPS) is 13.0. The van der Waals surface area contributed by atoms with Crippen LogP contribution in [0.3, 0.4) is 0 Å². The summed E-state index contributed by atoms with van der Waals surface area (Å²) in [6.07, 6.45) is 33.3. The molecule has 1 aromatic carbocycles. The van der Waals surface area contributed by atoms with Gasteiger partial charge in [0.05, 0.1) is 11.4 Å². The second-order valence-electron chi connectivity index (χ2n) is 12.6. The first-order valence-electron chi connectivity index (χ1n) is 17.4. The fourth-order valence-corrected chi connectivity index (χ4v) is 6.20. The van der Waals surface area contributed by atoms with Crippen molar-refractivity contribution in [1.82, 2.24) is 0 Å². The Morgan fingerprint density at radius 1 is 0.513 bits per heavy atom. The second kappa shape index (κ2) is 24.4. The van der Waals surface area contributed by atoms with Gasteiger partial charge < -0.3 is 16.4 Å². The number of unbranched alkanes of at least 4 members (excludes halogenated alkanes) is 20. The van der Waals surface area contributed by atoms with Crippen molar-refractivity contribution in [2.75, 3.05) is 16.4 Å². The number of anilines is 3. The molecule has 228 valence electrons. The van der Waals surface area contributed by atoms with Crippen LogP contribution in [0.4, 0.5) is 17.1 Å². The Morgan fingerprint density at radius 3 is 1.18 bits per heavy atom. The summed E-state index contributed by atoms with van der Waals surface area (Å²) in [5.74, 6) is 0. The zero-order valence-corrected chi connectivity index (χ0v) is 27.0. The molecule has 0 aliphatic rings. The number of nitrogens with two attached hydrogens (primary N) is 2. The first kappa shape index (κ1) is 35.6. The van der Waals surface area contributed by atoms with Gasteiger partial charge in [0.15, 0.2) is 0 Å². The Hall–Kier alpha value is -1.38. The highest BCUT2D eigenvalue weighted by Crippen LogP contribution is 2.32. The summed E-state index contributed by atoms with van der Waals surface area (Å²) in [6, 6.07) is 7.10. The number of rotatable bonds is 27. The summed E-state index contributed by atoms with van der Waals surface area (Å²) < 4.78 is 0. The number of nitrogen functional groups attached to an aromatic ring is 2. The Labute approximate surface area is 245 Å². The van der Waals surface area contributed by atoms with Gasteiger partial charge in [-0.05, 0) is 44.9 Å². The summed E-state index contributed by atoms with van der Waals surface area (Å²) >= 11 is 0. The van der Waals surface area contributed by atoms with E-state index in [1.807, 2.05) is 12.1 Å². The molecule has 0 radical (unpaired) electrons. The van der Waals surface area contributed by atoms with Gasteiger partial charge in [-0.25, -0.2) is 0 Å². The van der Waals surface area contributed by atoms with Crippen molar-refractivity contribution in [3.63, 3.8) is 0 Å². The topological polar surface area (TPSA) is 55.3 Å². The molecule has 0 heterocycles. The van der Waals surface area contributed by atoms with Crippen molar-refractivity contribution in [1.29, 1.82) is 0 Å². The monoisotopic (exact) mass is 544 g/mol. The highest BCUT2D eigenvalue weighted by atomic mass is 15.2. The fourth-order valence-electron chi connectivity index (χ4n) is 6.20. The minimum absolute atomic E-state index is 0.497. The minimum atomic E-state index is 0.497. The van der Waals surface area contributed by atoms with Crippen molar-refractivity contribution in [3.05, 3.63) is 18.2 Å². The lowest BCUT2D eigenvalue weighted by Crippen LogP contribution is -2.41. The van der Waals surface area contributed by atoms with E-state index in [2.05, 4.69) is 38.7 Å². The number of hydrogen-bond acceptors (Lipinski definition) is 3. The zero-order chi connectivity index (χ0) is 28.6. The van der Waals surface area contributed by atoms with Crippen LogP contribution >= 0.6 is 0 Å². The van der Waals surface area contributed by atoms with Crippen LogP contribution in [0.2, 0.25) is 0 Å². The first-order chi connectivity index (χ1) is 19.0. The van der Waals surface area contributed by atoms with Gasteiger partial charge in [0.1, 0.15) is 0 Å². The summed E-state index contributed by atoms with van der Waals surface area (Å²) in [7, 11) is 0. The maximum atomic E-state index is 6.50. The average molecular weight is 544 g/mol. The van der Waals surface area contributed by atoms with Gasteiger partial charge in [0, 0.05) is 17.8 Å². The highest BCUT2D eigenvalue weighted by Gasteiger charge is 2.22. The molecule has 0 aliphatic heterocycles. The van der Waals surface area contributed by atoms with Crippen molar-refractivity contribution < 1.29 is 0 Å². The van der Waals surface area contributed by atoms with Crippen LogP contribution in [0.5, 0.6) is 0 Å². The van der Waals surface area contributed by atoms with Gasteiger partial charge in [-0.2, -0.15) is 0 Å². The predicted molar refractivity (Wildman–Crippen MR) is 179 cm³/mol. The number of benzene rings is 1. The van der Waals surface area contributed by atoms with E-state index < -0.39 is 0 Å². The molecule has 0 spiro atoms. The molecule has 0 amide bonds. The SMILES string of the molecule is CCCCCCCCCCCCCC(C)N(c1ccc(N)cc1N)C(C)CCCCCCCCCCCCC. The van der Waals surface area contributed by atoms with E-state index in [1.54, 1.807) is 0 Å². The van der Waals surface area contributed by atoms with Gasteiger partial charge in [-0.3, -0.25) is 0 Å². The lowest BCUT2D eigenvalue weighted by Gasteiger charge is -2.38. The predicted octanol–water partition coefficient (Wildman–Crippen LogP) is 11.8. The quantitative estimate of drug-likeness (QED) is 0.0856. The Morgan fingerprint density at radius 2 is 0.846 bits per heavy atom. The molecule has 0 bridgehead atoms. The van der Waals surface area contributed by atoms with Crippen LogP contribution in [-0.2, 0) is 0 Å². The van der Waals surface area contributed by atoms with Crippen LogP contribution < -0.4 is 16.4 Å². The van der Waals surface area contributed by atoms with E-state index >= 15 is 0 Å². The molecule has 3 nitrogen and oxygen atoms in total. The molecule has 2 unspecified atom stereocenters. The second-order valence-corrected chi connectivity index (χ2v) is 12.6. The number of nitrogens with zero attached hydrogens (tertiary/aromatic N) is 1. The van der Waals surface area contributed by atoms with Crippen LogP contribution in [0, 0.1) is 0 Å². The van der Waals surface area contributed by atoms with Crippen molar-refractivity contribution in [2.24, 2.45) is 0 Å². The molecule has 0 saturated carbocycles. The lowest BCUT2D eigenvalue weighted by atomic mass is 9.99. The molecular weight excluding hydrogens is 474 g/mol. The van der Waals surface area contributed by atoms with Crippen molar-refractivity contribution in [2.45, 2.75) is 194 Å². The van der Waals surface area contributed by atoms with Gasteiger partial charge in [0.2, 0.25) is 0 Å². The summed E-state index contributed by atoms with van der Waals surface area (Å²) in [6.45, 7) is 9.40. The lowest BCUT2D eigenvalue weighted by molar-refractivity contribution is 0.458. The molecule has 39 heavy (non-hydrogen) atoms. The van der Waals surface area contributed by atoms with Crippen LogP contribution in [-0.4, -0.2) is 12.1 Å². The Bertz CT molecular complexity index is 641. The minimum Gasteiger partial charge on any atom is -0.399 e. The third-order valence-electron chi connectivity index (χ3n) is 8.73. The molecule has 0 aliphatic carbocycles. The molecular formula is C36H69N3. The van der Waals surface area contributed by atoms with Crippen LogP contribution in [0.1, 0.15) is 182 Å². The van der Waals surface area contributed by atoms with Crippen LogP contribution in [0.25, 0.3) is 0 Å². The number of hydrogen-bond donors (Lipinski definition) is 2. The standard InChI is InChI=1S/C36H69N3/c1-5-7-9-11-13-15-17-19-21-23-25-27-32(3)39(36-30-29-34(37)31-35(36)38)33(4)28-26-24-22-20-18-16-14-12-10-8-6-2/h29-33H,5-28,37-38H2,1-4H3. The smallest absolute Gasteiger partial charge is 0.0606 e. The van der Waals surface area contributed by atoms with Crippen molar-refractivity contribution in [3.8, 4) is 0 Å². The van der Waals surface area contributed by atoms with E-state index in [0.29, 0.717) is 12.1 Å². The first-order valence-corrected chi connectivity index (χ1v) is 17.4. The fraction of sp³-hybridized carbons (Fsp3) is 0.833. The molecule has 0 fully saturated rings. The average Bonchev–Trinajstić information content (AvgIpc) is 2.91. The third kappa shape index (κ3) is 17.8. The van der Waals surface area contributed by atoms with E-state index in [4.69, 9.17) is 11.5 Å². The highest BCUT2D eigenvalue weighted by molar-refractivity contribution is 5.72. The summed E-state index contributed by atoms with van der Waals surface area (Å²) in [5.41, 5.74) is 15.3. The zero-order valence-electron chi connectivity index (χ0n) is 27.0. The van der Waals surface area contributed by atoms with Gasteiger partial charge >= 0.3 is 0 Å². The molecule has 0 aromatic heterocycles. The molecule has 3 heteroatoms. The summed E-state index contributed by atoms with van der Waals surface area (Å²) in [5, 5.41) is 0. The largest absolute Gasteiger partial charge is 0.399 e. The van der Waals surface area contributed by atoms with E-state index in [9.17, 15) is 0 Å². The van der Waals surface area contributed by atoms with Crippen LogP contribution in [0.15, 0.2) is 18.2 Å². The van der Waals surface area contributed by atoms with Crippen molar-refractivity contribution >= 4 is 17.1 Å². The van der Waals surface area contributed by atoms with Gasteiger partial charge in [-0.15, -0.1) is 0 Å². The maximum Gasteiger partial charge on any atom is 0.0606 e. The van der Waals surface area contributed by atoms with E-state index in [0.717, 1.165) is 11.4 Å². The molecule has 0 saturated heterocycles. The third-order valence-corrected chi connectivity index (χ3v) is 8.73. The Kier molecular flexibility index (Phi) is 22.3. The molecule has 4 N–H and O–H groups in total.